The Labute approximate surface area is 179 Å². The van der Waals surface area contributed by atoms with E-state index in [-0.39, 0.29) is 41.2 Å². The first-order chi connectivity index (χ1) is 14.4. The molecule has 2 fully saturated rings. The molecule has 0 N–H and O–H groups in total. The summed E-state index contributed by atoms with van der Waals surface area (Å²) < 4.78 is 6.26. The molecule has 1 saturated carbocycles. The molecule has 8 nitrogen and oxygen atoms in total. The lowest BCUT2D eigenvalue weighted by Gasteiger charge is -2.37. The second-order valence-corrected chi connectivity index (χ2v) is 8.55. The maximum Gasteiger partial charge on any atom is 0.270 e. The van der Waals surface area contributed by atoms with E-state index >= 15 is 0 Å². The number of nitrogens with zero attached hydrogens (tertiary/aromatic N) is 3. The molecule has 0 spiro atoms. The van der Waals surface area contributed by atoms with E-state index in [0.717, 1.165) is 17.9 Å². The molecule has 9 heteroatoms. The number of furan rings is 1. The predicted octanol–water partition coefficient (Wildman–Crippen LogP) is 4.15. The summed E-state index contributed by atoms with van der Waals surface area (Å²) in [7, 11) is 0. The summed E-state index contributed by atoms with van der Waals surface area (Å²) in [6, 6.07) is 7.74. The molecule has 1 aromatic carbocycles. The van der Waals surface area contributed by atoms with Crippen LogP contribution in [-0.4, -0.2) is 28.0 Å². The van der Waals surface area contributed by atoms with Crippen LogP contribution in [0.25, 0.3) is 11.3 Å². The number of hydrazone groups is 1. The largest absolute Gasteiger partial charge is 0.455 e. The molecule has 6 rings (SSSR count). The van der Waals surface area contributed by atoms with E-state index in [0.29, 0.717) is 21.6 Å². The highest BCUT2D eigenvalue weighted by atomic mass is 79.9. The van der Waals surface area contributed by atoms with Gasteiger partial charge in [-0.1, -0.05) is 12.2 Å². The summed E-state index contributed by atoms with van der Waals surface area (Å²) in [6.07, 6.45) is 7.35. The van der Waals surface area contributed by atoms with Crippen molar-refractivity contribution >= 4 is 39.6 Å². The molecule has 1 saturated heterocycles. The zero-order chi connectivity index (χ0) is 21.0. The van der Waals surface area contributed by atoms with Crippen molar-refractivity contribution in [2.45, 2.75) is 12.8 Å². The summed E-state index contributed by atoms with van der Waals surface area (Å²) in [5, 5.41) is 16.0. The number of imide groups is 1. The highest BCUT2D eigenvalue weighted by Crippen LogP contribution is 2.49. The second-order valence-electron chi connectivity index (χ2n) is 7.70. The molecule has 0 unspecified atom stereocenters. The van der Waals surface area contributed by atoms with Crippen molar-refractivity contribution in [1.82, 2.24) is 5.01 Å². The van der Waals surface area contributed by atoms with Crippen LogP contribution < -0.4 is 0 Å². The minimum absolute atomic E-state index is 0.0325. The molecule has 3 aliphatic carbocycles. The maximum atomic E-state index is 12.8. The van der Waals surface area contributed by atoms with Gasteiger partial charge in [0.05, 0.1) is 23.0 Å². The Morgan fingerprint density at radius 2 is 1.77 bits per heavy atom. The second kappa shape index (κ2) is 7.02. The van der Waals surface area contributed by atoms with E-state index in [1.54, 1.807) is 18.2 Å². The Morgan fingerprint density at radius 3 is 2.33 bits per heavy atom. The Kier molecular flexibility index (Phi) is 4.43. The van der Waals surface area contributed by atoms with E-state index < -0.39 is 4.92 Å². The number of carbonyl (C=O) groups is 2. The SMILES string of the molecule is O=C1[C@@H]2[C@H](C(=O)N1/N=C\c1ccc(-c3ccc([N+](=O)[O-])cc3Br)o1)[C@H]1C=C[C@H]2CC1. The van der Waals surface area contributed by atoms with E-state index in [4.69, 9.17) is 4.42 Å². The lowest BCUT2D eigenvalue weighted by atomic mass is 9.63. The number of carbonyl (C=O) groups excluding carboxylic acids is 2. The first-order valence-electron chi connectivity index (χ1n) is 9.58. The molecule has 1 aliphatic heterocycles. The number of non-ortho nitro benzene ring substituents is 1. The average molecular weight is 470 g/mol. The van der Waals surface area contributed by atoms with Crippen molar-refractivity contribution < 1.29 is 18.9 Å². The molecule has 152 valence electrons. The Bertz CT molecular complexity index is 1110. The summed E-state index contributed by atoms with van der Waals surface area (Å²) in [5.41, 5.74) is 0.609. The molecule has 2 bridgehead atoms. The van der Waals surface area contributed by atoms with Crippen molar-refractivity contribution in [3.8, 4) is 11.3 Å². The zero-order valence-corrected chi connectivity index (χ0v) is 17.2. The standard InChI is InChI=1S/C21H16BrN3O5/c22-16-9-13(25(28)29)5-7-15(16)17-8-6-14(30-17)10-23-24-20(26)18-11-1-2-12(4-3-11)19(18)21(24)27/h1-2,5-12,18-19H,3-4H2/b23-10-/t11-,12-,18-,19+/m0/s1. The van der Waals surface area contributed by atoms with Gasteiger partial charge in [0.15, 0.2) is 0 Å². The number of nitro groups is 1. The van der Waals surface area contributed by atoms with Gasteiger partial charge in [0, 0.05) is 22.2 Å². The number of amides is 2. The van der Waals surface area contributed by atoms with Gasteiger partial charge in [0.2, 0.25) is 0 Å². The molecule has 4 atom stereocenters. The van der Waals surface area contributed by atoms with Crippen LogP contribution in [0.15, 0.2) is 56.5 Å². The van der Waals surface area contributed by atoms with Gasteiger partial charge in [-0.3, -0.25) is 19.7 Å². The smallest absolute Gasteiger partial charge is 0.270 e. The van der Waals surface area contributed by atoms with E-state index in [1.807, 2.05) is 0 Å². The number of fused-ring (bicyclic) bond motifs is 1. The van der Waals surface area contributed by atoms with Gasteiger partial charge in [0.25, 0.3) is 17.5 Å². The third kappa shape index (κ3) is 2.92. The molecular weight excluding hydrogens is 454 g/mol. The van der Waals surface area contributed by atoms with Crippen LogP contribution in [0.1, 0.15) is 18.6 Å². The number of rotatable bonds is 4. The molecule has 30 heavy (non-hydrogen) atoms. The highest BCUT2D eigenvalue weighted by Gasteiger charge is 2.56. The quantitative estimate of drug-likeness (QED) is 0.220. The first kappa shape index (κ1) is 18.9. The van der Waals surface area contributed by atoms with E-state index in [2.05, 4.69) is 33.2 Å². The van der Waals surface area contributed by atoms with Crippen molar-refractivity contribution in [3.05, 3.63) is 62.8 Å². The fraction of sp³-hybridized carbons (Fsp3) is 0.286. The molecule has 2 aromatic rings. The summed E-state index contributed by atoms with van der Waals surface area (Å²) in [6.45, 7) is 0. The lowest BCUT2D eigenvalue weighted by molar-refractivity contribution is -0.384. The fourth-order valence-electron chi connectivity index (χ4n) is 4.67. The monoisotopic (exact) mass is 469 g/mol. The number of benzene rings is 1. The lowest BCUT2D eigenvalue weighted by Crippen LogP contribution is -2.38. The van der Waals surface area contributed by atoms with Crippen LogP contribution in [0, 0.1) is 33.8 Å². The van der Waals surface area contributed by atoms with Gasteiger partial charge in [-0.05, 0) is 58.8 Å². The highest BCUT2D eigenvalue weighted by molar-refractivity contribution is 9.10. The third-order valence-corrected chi connectivity index (χ3v) is 6.75. The molecule has 1 aromatic heterocycles. The average Bonchev–Trinajstić information content (AvgIpc) is 3.31. The Morgan fingerprint density at radius 1 is 1.10 bits per heavy atom. The summed E-state index contributed by atoms with van der Waals surface area (Å²) in [5.74, 6) is -0.0172. The molecule has 2 amide bonds. The molecular formula is C21H16BrN3O5. The van der Waals surface area contributed by atoms with Crippen LogP contribution in [0.4, 0.5) is 5.69 Å². The van der Waals surface area contributed by atoms with Gasteiger partial charge in [0.1, 0.15) is 11.5 Å². The summed E-state index contributed by atoms with van der Waals surface area (Å²) >= 11 is 3.32. The van der Waals surface area contributed by atoms with Gasteiger partial charge in [-0.15, -0.1) is 0 Å². The minimum atomic E-state index is -0.474. The van der Waals surface area contributed by atoms with Crippen molar-refractivity contribution in [3.63, 3.8) is 0 Å². The fourth-order valence-corrected chi connectivity index (χ4v) is 5.23. The number of nitro benzene ring substituents is 1. The van der Waals surface area contributed by atoms with Gasteiger partial charge in [-0.2, -0.15) is 10.1 Å². The van der Waals surface area contributed by atoms with Crippen LogP contribution >= 0.6 is 15.9 Å². The van der Waals surface area contributed by atoms with Gasteiger partial charge >= 0.3 is 0 Å². The first-order valence-corrected chi connectivity index (χ1v) is 10.4. The third-order valence-electron chi connectivity index (χ3n) is 6.09. The van der Waals surface area contributed by atoms with Crippen molar-refractivity contribution in [2.75, 3.05) is 0 Å². The van der Waals surface area contributed by atoms with Gasteiger partial charge in [-0.25, -0.2) is 0 Å². The number of halogens is 1. The molecule has 0 radical (unpaired) electrons. The normalized spacial score (nSPS) is 27.3. The minimum Gasteiger partial charge on any atom is -0.455 e. The van der Waals surface area contributed by atoms with Crippen LogP contribution in [0.5, 0.6) is 0 Å². The molecule has 2 heterocycles. The van der Waals surface area contributed by atoms with Gasteiger partial charge < -0.3 is 4.42 Å². The molecule has 4 aliphatic rings. The topological polar surface area (TPSA) is 106 Å². The van der Waals surface area contributed by atoms with Crippen molar-refractivity contribution in [2.24, 2.45) is 28.8 Å². The van der Waals surface area contributed by atoms with Crippen LogP contribution in [0.3, 0.4) is 0 Å². The maximum absolute atomic E-state index is 12.8. The predicted molar refractivity (Wildman–Crippen MR) is 110 cm³/mol. The van der Waals surface area contributed by atoms with E-state index in [1.165, 1.54) is 18.3 Å². The number of hydrogen-bond donors (Lipinski definition) is 0. The van der Waals surface area contributed by atoms with Crippen molar-refractivity contribution in [1.29, 1.82) is 0 Å². The number of hydrogen-bond acceptors (Lipinski definition) is 6. The van der Waals surface area contributed by atoms with Crippen LogP contribution in [-0.2, 0) is 9.59 Å². The number of allylic oxidation sites excluding steroid dienone is 2. The Balaban J connectivity index is 1.36. The Hall–Kier alpha value is -3.07. The van der Waals surface area contributed by atoms with E-state index in [9.17, 15) is 19.7 Å². The van der Waals surface area contributed by atoms with Crippen LogP contribution in [0.2, 0.25) is 0 Å². The summed E-state index contributed by atoms with van der Waals surface area (Å²) in [4.78, 5) is 36.0. The zero-order valence-electron chi connectivity index (χ0n) is 15.6.